The number of nitrogens with zero attached hydrogens (tertiary/aromatic N) is 4. The molecule has 0 spiro atoms. The van der Waals surface area contributed by atoms with Gasteiger partial charge in [0.1, 0.15) is 11.9 Å². The Morgan fingerprint density at radius 1 is 1.08 bits per heavy atom. The summed E-state index contributed by atoms with van der Waals surface area (Å²) in [7, 11) is 2.78. The number of carbonyl (C=O) groups is 2. The average molecular weight is 513 g/mol. The molecule has 0 saturated carbocycles. The van der Waals surface area contributed by atoms with Crippen molar-refractivity contribution in [3.63, 3.8) is 0 Å². The first-order chi connectivity index (χ1) is 18.0. The number of fused-ring (bicyclic) bond motifs is 1. The third kappa shape index (κ3) is 7.71. The Morgan fingerprint density at radius 2 is 1.92 bits per heavy atom. The van der Waals surface area contributed by atoms with Gasteiger partial charge in [-0.15, -0.1) is 0 Å². The van der Waals surface area contributed by atoms with Crippen molar-refractivity contribution in [3.8, 4) is 17.1 Å². The lowest BCUT2D eigenvalue weighted by atomic mass is 10.2. The van der Waals surface area contributed by atoms with E-state index in [-0.39, 0.29) is 17.8 Å². The molecule has 0 bridgehead atoms. The van der Waals surface area contributed by atoms with E-state index >= 15 is 0 Å². The van der Waals surface area contributed by atoms with Crippen LogP contribution >= 0.6 is 0 Å². The van der Waals surface area contributed by atoms with Crippen molar-refractivity contribution < 1.29 is 23.8 Å². The van der Waals surface area contributed by atoms with Crippen molar-refractivity contribution in [2.45, 2.75) is 32.7 Å². The van der Waals surface area contributed by atoms with Gasteiger partial charge in [-0.2, -0.15) is 0 Å². The lowest BCUT2D eigenvalue weighted by Crippen LogP contribution is -2.30. The molecule has 12 nitrogen and oxygen atoms in total. The van der Waals surface area contributed by atoms with Crippen molar-refractivity contribution in [2.24, 2.45) is 0 Å². The van der Waals surface area contributed by atoms with Crippen molar-refractivity contribution >= 4 is 28.7 Å². The molecule has 0 fully saturated rings. The van der Waals surface area contributed by atoms with E-state index in [9.17, 15) is 14.4 Å². The van der Waals surface area contributed by atoms with Gasteiger partial charge in [0.2, 0.25) is 11.8 Å². The fourth-order valence-corrected chi connectivity index (χ4v) is 3.48. The quantitative estimate of drug-likeness (QED) is 0.186. The standard InChI is InChI=1S/C25H32N6O6/c1-4-11-37-12-10-31-20-13-18(17-6-7-22(35-2)29-15-17)28-16-19(20)30-24(25(31)34)27-9-5-8-26-21(32)14-23(33)36-3/h6-7,13,15-16H,4-5,8-12,14H2,1-3H3,(H,26,32)(H,27,30). The minimum absolute atomic E-state index is 0.185. The predicted octanol–water partition coefficient (Wildman–Crippen LogP) is 1.77. The van der Waals surface area contributed by atoms with E-state index in [1.807, 2.05) is 19.1 Å². The Labute approximate surface area is 214 Å². The highest BCUT2D eigenvalue weighted by molar-refractivity contribution is 5.94. The second-order valence-electron chi connectivity index (χ2n) is 8.06. The first kappa shape index (κ1) is 27.5. The summed E-state index contributed by atoms with van der Waals surface area (Å²) in [6, 6.07) is 5.41. The highest BCUT2D eigenvalue weighted by atomic mass is 16.5. The molecule has 0 saturated heterocycles. The van der Waals surface area contributed by atoms with E-state index in [1.54, 1.807) is 30.1 Å². The minimum Gasteiger partial charge on any atom is -0.481 e. The number of esters is 1. The van der Waals surface area contributed by atoms with Gasteiger partial charge in [-0.05, 0) is 25.0 Å². The number of aromatic nitrogens is 4. The Hall–Kier alpha value is -4.06. The summed E-state index contributed by atoms with van der Waals surface area (Å²) < 4.78 is 16.8. The zero-order valence-corrected chi connectivity index (χ0v) is 21.3. The summed E-state index contributed by atoms with van der Waals surface area (Å²) in [6.07, 6.45) is 4.35. The number of methoxy groups -OCH3 is 2. The summed E-state index contributed by atoms with van der Waals surface area (Å²) >= 11 is 0. The fraction of sp³-hybridized carbons (Fsp3) is 0.440. The molecule has 0 aliphatic heterocycles. The molecular weight excluding hydrogens is 480 g/mol. The van der Waals surface area contributed by atoms with Gasteiger partial charge >= 0.3 is 5.97 Å². The maximum absolute atomic E-state index is 13.3. The summed E-state index contributed by atoms with van der Waals surface area (Å²) in [5, 5.41) is 5.69. The summed E-state index contributed by atoms with van der Waals surface area (Å²) in [5.74, 6) is -0.335. The zero-order chi connectivity index (χ0) is 26.6. The summed E-state index contributed by atoms with van der Waals surface area (Å²) in [6.45, 7) is 4.07. The van der Waals surface area contributed by atoms with Crippen LogP contribution in [-0.4, -0.2) is 71.9 Å². The Bertz CT molecular complexity index is 1260. The molecule has 0 unspecified atom stereocenters. The lowest BCUT2D eigenvalue weighted by molar-refractivity contribution is -0.143. The first-order valence-corrected chi connectivity index (χ1v) is 12.0. The monoisotopic (exact) mass is 512 g/mol. The first-order valence-electron chi connectivity index (χ1n) is 12.0. The number of hydrogen-bond donors (Lipinski definition) is 2. The third-order valence-electron chi connectivity index (χ3n) is 5.38. The van der Waals surface area contributed by atoms with Crippen molar-refractivity contribution in [2.75, 3.05) is 45.8 Å². The number of ether oxygens (including phenoxy) is 3. The van der Waals surface area contributed by atoms with Gasteiger partial charge in [0.15, 0.2) is 5.82 Å². The van der Waals surface area contributed by atoms with E-state index in [1.165, 1.54) is 7.11 Å². The third-order valence-corrected chi connectivity index (χ3v) is 5.38. The average Bonchev–Trinajstić information content (AvgIpc) is 2.92. The van der Waals surface area contributed by atoms with Crippen LogP contribution in [0.2, 0.25) is 0 Å². The molecule has 12 heteroatoms. The van der Waals surface area contributed by atoms with Crippen molar-refractivity contribution in [1.82, 2.24) is 24.8 Å². The smallest absolute Gasteiger partial charge is 0.315 e. The van der Waals surface area contributed by atoms with Crippen LogP contribution in [-0.2, 0) is 25.6 Å². The number of rotatable bonds is 14. The van der Waals surface area contributed by atoms with E-state index < -0.39 is 11.9 Å². The van der Waals surface area contributed by atoms with E-state index in [4.69, 9.17) is 9.47 Å². The topological polar surface area (TPSA) is 147 Å². The summed E-state index contributed by atoms with van der Waals surface area (Å²) in [5.41, 5.74) is 2.32. The van der Waals surface area contributed by atoms with Gasteiger partial charge in [0, 0.05) is 44.1 Å². The highest BCUT2D eigenvalue weighted by Crippen LogP contribution is 2.22. The number of carbonyl (C=O) groups excluding carboxylic acids is 2. The highest BCUT2D eigenvalue weighted by Gasteiger charge is 2.14. The molecule has 0 radical (unpaired) electrons. The molecule has 37 heavy (non-hydrogen) atoms. The van der Waals surface area contributed by atoms with Crippen LogP contribution in [0.25, 0.3) is 22.3 Å². The van der Waals surface area contributed by atoms with Crippen LogP contribution < -0.4 is 20.9 Å². The Kier molecular flexibility index (Phi) is 10.3. The van der Waals surface area contributed by atoms with Gasteiger partial charge in [-0.25, -0.2) is 9.97 Å². The molecule has 0 aliphatic carbocycles. The van der Waals surface area contributed by atoms with Gasteiger partial charge in [0.05, 0.1) is 38.2 Å². The molecular formula is C25H32N6O6. The largest absolute Gasteiger partial charge is 0.481 e. The van der Waals surface area contributed by atoms with Crippen LogP contribution in [0.4, 0.5) is 5.82 Å². The lowest BCUT2D eigenvalue weighted by Gasteiger charge is -2.14. The van der Waals surface area contributed by atoms with Gasteiger partial charge in [0.25, 0.3) is 5.56 Å². The van der Waals surface area contributed by atoms with Crippen molar-refractivity contribution in [3.05, 3.63) is 40.9 Å². The van der Waals surface area contributed by atoms with Gasteiger partial charge < -0.3 is 29.4 Å². The molecule has 3 heterocycles. The number of hydrogen-bond acceptors (Lipinski definition) is 10. The number of amides is 1. The molecule has 3 aromatic heterocycles. The Morgan fingerprint density at radius 3 is 2.62 bits per heavy atom. The van der Waals surface area contributed by atoms with E-state index in [0.717, 1.165) is 12.0 Å². The van der Waals surface area contributed by atoms with E-state index in [0.29, 0.717) is 61.9 Å². The summed E-state index contributed by atoms with van der Waals surface area (Å²) in [4.78, 5) is 49.4. The fourth-order valence-electron chi connectivity index (χ4n) is 3.48. The molecule has 0 atom stereocenters. The van der Waals surface area contributed by atoms with Gasteiger partial charge in [-0.3, -0.25) is 19.4 Å². The van der Waals surface area contributed by atoms with Crippen LogP contribution in [0.3, 0.4) is 0 Å². The Balaban J connectivity index is 1.78. The van der Waals surface area contributed by atoms with Crippen LogP contribution in [0, 0.1) is 0 Å². The van der Waals surface area contributed by atoms with Crippen molar-refractivity contribution in [1.29, 1.82) is 0 Å². The van der Waals surface area contributed by atoms with E-state index in [2.05, 4.69) is 30.3 Å². The van der Waals surface area contributed by atoms with Crippen LogP contribution in [0.5, 0.6) is 5.88 Å². The van der Waals surface area contributed by atoms with Crippen LogP contribution in [0.15, 0.2) is 35.4 Å². The molecule has 0 aromatic carbocycles. The van der Waals surface area contributed by atoms with Gasteiger partial charge in [-0.1, -0.05) is 6.92 Å². The predicted molar refractivity (Wildman–Crippen MR) is 137 cm³/mol. The molecule has 198 valence electrons. The maximum Gasteiger partial charge on any atom is 0.315 e. The second-order valence-corrected chi connectivity index (χ2v) is 8.06. The number of pyridine rings is 2. The minimum atomic E-state index is -0.598. The SMILES string of the molecule is CCCOCCn1c(=O)c(NCCCNC(=O)CC(=O)OC)nc2cnc(-c3ccc(OC)nc3)cc21. The normalized spacial score (nSPS) is 10.8. The second kappa shape index (κ2) is 13.9. The molecule has 2 N–H and O–H groups in total. The zero-order valence-electron chi connectivity index (χ0n) is 21.3. The van der Waals surface area contributed by atoms with Crippen LogP contribution in [0.1, 0.15) is 26.2 Å². The number of nitrogens with one attached hydrogen (secondary N) is 2. The molecule has 1 amide bonds. The molecule has 3 rings (SSSR count). The maximum atomic E-state index is 13.3. The molecule has 0 aliphatic rings. The molecule has 3 aromatic rings. The number of anilines is 1.